The summed E-state index contributed by atoms with van der Waals surface area (Å²) >= 11 is 3.36. The van der Waals surface area contributed by atoms with Gasteiger partial charge >= 0.3 is 0 Å². The number of amides is 2. The molecule has 7 nitrogen and oxygen atoms in total. The van der Waals surface area contributed by atoms with Crippen molar-refractivity contribution in [3.63, 3.8) is 0 Å². The van der Waals surface area contributed by atoms with Crippen LogP contribution in [0.4, 0.5) is 5.69 Å². The quantitative estimate of drug-likeness (QED) is 0.812. The number of halogens is 1. The second-order valence-corrected chi connectivity index (χ2v) is 6.72. The number of carbonyl (C=O) groups is 2. The van der Waals surface area contributed by atoms with Crippen molar-refractivity contribution in [1.82, 2.24) is 15.1 Å². The number of hydrogen-bond donors (Lipinski definition) is 2. The van der Waals surface area contributed by atoms with Crippen LogP contribution in [0.3, 0.4) is 0 Å². The van der Waals surface area contributed by atoms with Crippen molar-refractivity contribution in [2.45, 2.75) is 20.8 Å². The van der Waals surface area contributed by atoms with Gasteiger partial charge in [-0.05, 0) is 50.1 Å². The Kier molecular flexibility index (Phi) is 5.73. The SMILES string of the molecule is Cc1cc(Br)ccc1NC(=O)CN(C)C(=O)c1c(C)c(C)n[nH]c1=O. The lowest BCUT2D eigenvalue weighted by atomic mass is 10.1. The molecule has 0 spiro atoms. The van der Waals surface area contributed by atoms with Crippen LogP contribution in [0.1, 0.15) is 27.2 Å². The standard InChI is InChI=1S/C17H19BrN4O3/c1-9-7-12(18)5-6-13(9)19-14(23)8-22(4)17(25)15-10(2)11(3)20-21-16(15)24/h5-7H,8H2,1-4H3,(H,19,23)(H,21,24). The molecule has 2 aromatic rings. The number of likely N-dealkylation sites (N-methyl/N-ethyl adjacent to an activating group) is 1. The van der Waals surface area contributed by atoms with Crippen molar-refractivity contribution in [3.8, 4) is 0 Å². The van der Waals surface area contributed by atoms with E-state index in [0.717, 1.165) is 10.0 Å². The van der Waals surface area contributed by atoms with Crippen molar-refractivity contribution in [2.75, 3.05) is 18.9 Å². The maximum Gasteiger partial charge on any atom is 0.277 e. The smallest absolute Gasteiger partial charge is 0.277 e. The summed E-state index contributed by atoms with van der Waals surface area (Å²) in [4.78, 5) is 37.9. The summed E-state index contributed by atoms with van der Waals surface area (Å²) < 4.78 is 0.915. The third kappa shape index (κ3) is 4.33. The highest BCUT2D eigenvalue weighted by molar-refractivity contribution is 9.10. The lowest BCUT2D eigenvalue weighted by Gasteiger charge is -2.18. The lowest BCUT2D eigenvalue weighted by Crippen LogP contribution is -2.38. The molecule has 0 aliphatic rings. The fraction of sp³-hybridized carbons (Fsp3) is 0.294. The van der Waals surface area contributed by atoms with Gasteiger partial charge in [0.05, 0.1) is 12.2 Å². The van der Waals surface area contributed by atoms with Gasteiger partial charge in [-0.1, -0.05) is 15.9 Å². The fourth-order valence-corrected chi connectivity index (χ4v) is 2.79. The Morgan fingerprint density at radius 1 is 1.28 bits per heavy atom. The molecule has 0 atom stereocenters. The number of aryl methyl sites for hydroxylation is 2. The molecule has 0 fully saturated rings. The first-order valence-electron chi connectivity index (χ1n) is 7.58. The van der Waals surface area contributed by atoms with E-state index in [1.165, 1.54) is 11.9 Å². The zero-order valence-electron chi connectivity index (χ0n) is 14.4. The van der Waals surface area contributed by atoms with Crippen molar-refractivity contribution in [1.29, 1.82) is 0 Å². The van der Waals surface area contributed by atoms with Gasteiger partial charge in [0.1, 0.15) is 5.56 Å². The Morgan fingerprint density at radius 3 is 2.60 bits per heavy atom. The van der Waals surface area contributed by atoms with Gasteiger partial charge in [0.2, 0.25) is 5.91 Å². The normalized spacial score (nSPS) is 10.4. The average molecular weight is 407 g/mol. The molecular formula is C17H19BrN4O3. The molecule has 0 aliphatic heterocycles. The molecule has 0 unspecified atom stereocenters. The van der Waals surface area contributed by atoms with Gasteiger partial charge in [-0.25, -0.2) is 5.10 Å². The first-order valence-corrected chi connectivity index (χ1v) is 8.37. The zero-order chi connectivity index (χ0) is 18.7. The van der Waals surface area contributed by atoms with Crippen LogP contribution in [-0.4, -0.2) is 40.5 Å². The van der Waals surface area contributed by atoms with E-state index in [0.29, 0.717) is 16.9 Å². The molecular weight excluding hydrogens is 388 g/mol. The van der Waals surface area contributed by atoms with Gasteiger partial charge in [0, 0.05) is 17.2 Å². The van der Waals surface area contributed by atoms with E-state index in [1.54, 1.807) is 19.9 Å². The molecule has 2 amide bonds. The van der Waals surface area contributed by atoms with Crippen LogP contribution in [0.25, 0.3) is 0 Å². The van der Waals surface area contributed by atoms with Crippen LogP contribution in [0.15, 0.2) is 27.5 Å². The van der Waals surface area contributed by atoms with Gasteiger partial charge in [0.15, 0.2) is 0 Å². The average Bonchev–Trinajstić information content (AvgIpc) is 2.54. The summed E-state index contributed by atoms with van der Waals surface area (Å²) in [5.74, 6) is -0.868. The van der Waals surface area contributed by atoms with Crippen LogP contribution in [0, 0.1) is 20.8 Å². The fourth-order valence-electron chi connectivity index (χ4n) is 2.32. The zero-order valence-corrected chi connectivity index (χ0v) is 16.0. The summed E-state index contributed by atoms with van der Waals surface area (Å²) in [6.07, 6.45) is 0. The molecule has 2 rings (SSSR count). The minimum atomic E-state index is -0.566. The van der Waals surface area contributed by atoms with Gasteiger partial charge < -0.3 is 10.2 Å². The molecule has 1 aromatic carbocycles. The molecule has 0 bridgehead atoms. The van der Waals surface area contributed by atoms with E-state index >= 15 is 0 Å². The predicted octanol–water partition coefficient (Wildman–Crippen LogP) is 2.17. The predicted molar refractivity (Wildman–Crippen MR) is 98.8 cm³/mol. The molecule has 1 aromatic heterocycles. The van der Waals surface area contributed by atoms with Gasteiger partial charge in [0.25, 0.3) is 11.5 Å². The van der Waals surface area contributed by atoms with Crippen LogP contribution in [-0.2, 0) is 4.79 Å². The highest BCUT2D eigenvalue weighted by Crippen LogP contribution is 2.20. The molecule has 8 heteroatoms. The molecule has 0 saturated heterocycles. The van der Waals surface area contributed by atoms with E-state index in [9.17, 15) is 14.4 Å². The van der Waals surface area contributed by atoms with E-state index < -0.39 is 11.5 Å². The van der Waals surface area contributed by atoms with Crippen LogP contribution in [0.5, 0.6) is 0 Å². The summed E-state index contributed by atoms with van der Waals surface area (Å²) in [6, 6.07) is 5.48. The summed E-state index contributed by atoms with van der Waals surface area (Å²) in [5.41, 5.74) is 2.07. The first-order chi connectivity index (χ1) is 11.7. The van der Waals surface area contributed by atoms with Crippen LogP contribution in [0.2, 0.25) is 0 Å². The van der Waals surface area contributed by atoms with Crippen LogP contribution >= 0.6 is 15.9 Å². The Bertz CT molecular complexity index is 892. The number of aromatic amines is 1. The minimum absolute atomic E-state index is 0.00243. The molecule has 0 saturated carbocycles. The van der Waals surface area contributed by atoms with Crippen molar-refractivity contribution in [2.24, 2.45) is 0 Å². The van der Waals surface area contributed by atoms with E-state index in [4.69, 9.17) is 0 Å². The maximum atomic E-state index is 12.5. The van der Waals surface area contributed by atoms with Crippen LogP contribution < -0.4 is 10.9 Å². The molecule has 132 valence electrons. The van der Waals surface area contributed by atoms with Crippen molar-refractivity contribution < 1.29 is 9.59 Å². The number of hydrogen-bond acceptors (Lipinski definition) is 4. The molecule has 25 heavy (non-hydrogen) atoms. The Morgan fingerprint density at radius 2 is 1.96 bits per heavy atom. The van der Waals surface area contributed by atoms with Crippen molar-refractivity contribution >= 4 is 33.4 Å². The molecule has 0 aliphatic carbocycles. The first kappa shape index (κ1) is 18.9. The van der Waals surface area contributed by atoms with Gasteiger partial charge in [-0.15, -0.1) is 0 Å². The van der Waals surface area contributed by atoms with E-state index in [-0.39, 0.29) is 18.0 Å². The monoisotopic (exact) mass is 406 g/mol. The van der Waals surface area contributed by atoms with Gasteiger partial charge in [-0.3, -0.25) is 14.4 Å². The number of nitrogens with zero attached hydrogens (tertiary/aromatic N) is 2. The summed E-state index contributed by atoms with van der Waals surface area (Å²) in [7, 11) is 1.48. The number of benzene rings is 1. The Hall–Kier alpha value is -2.48. The highest BCUT2D eigenvalue weighted by atomic mass is 79.9. The summed E-state index contributed by atoms with van der Waals surface area (Å²) in [5, 5.41) is 8.88. The topological polar surface area (TPSA) is 95.2 Å². The second kappa shape index (κ2) is 7.60. The Balaban J connectivity index is 2.12. The number of aromatic nitrogens is 2. The number of carbonyl (C=O) groups excluding carboxylic acids is 2. The number of anilines is 1. The summed E-state index contributed by atoms with van der Waals surface area (Å²) in [6.45, 7) is 5.06. The number of rotatable bonds is 4. The minimum Gasteiger partial charge on any atom is -0.332 e. The highest BCUT2D eigenvalue weighted by Gasteiger charge is 2.21. The molecule has 0 radical (unpaired) electrons. The second-order valence-electron chi connectivity index (χ2n) is 5.81. The largest absolute Gasteiger partial charge is 0.332 e. The van der Waals surface area contributed by atoms with E-state index in [1.807, 2.05) is 19.1 Å². The molecule has 1 heterocycles. The number of H-pyrrole nitrogens is 1. The van der Waals surface area contributed by atoms with Crippen molar-refractivity contribution in [3.05, 3.63) is 55.4 Å². The van der Waals surface area contributed by atoms with Gasteiger partial charge in [-0.2, -0.15) is 5.10 Å². The number of nitrogens with one attached hydrogen (secondary N) is 2. The Labute approximate surface area is 153 Å². The molecule has 2 N–H and O–H groups in total. The maximum absolute atomic E-state index is 12.5. The third-order valence-corrected chi connectivity index (χ3v) is 4.37. The third-order valence-electron chi connectivity index (χ3n) is 3.87. The van der Waals surface area contributed by atoms with E-state index in [2.05, 4.69) is 31.4 Å². The lowest BCUT2D eigenvalue weighted by molar-refractivity contribution is -0.116.